The van der Waals surface area contributed by atoms with Crippen molar-refractivity contribution in [2.24, 2.45) is 0 Å². The van der Waals surface area contributed by atoms with E-state index in [1.54, 1.807) is 24.4 Å². The van der Waals surface area contributed by atoms with E-state index in [9.17, 15) is 9.18 Å². The maximum atomic E-state index is 13.6. The van der Waals surface area contributed by atoms with Crippen molar-refractivity contribution in [2.75, 3.05) is 6.61 Å². The van der Waals surface area contributed by atoms with Crippen LogP contribution in [-0.4, -0.2) is 35.6 Å². The van der Waals surface area contributed by atoms with Crippen LogP contribution in [-0.2, 0) is 4.43 Å². The minimum Gasteiger partial charge on any atom is -0.491 e. The number of ether oxygens (including phenoxy) is 1. The molecule has 0 aliphatic rings. The molecular formula is C30H32FN3O5Si. The fourth-order valence-corrected chi connectivity index (χ4v) is 5.42. The summed E-state index contributed by atoms with van der Waals surface area (Å²) in [6, 6.07) is 14.8. The standard InChI is InChI=1S/C30H32FN3O5Si/c1-19(39-40(5,6)30(2,3)4)18-37-24-13-9-21(10-14-24)28-32-26(25(38-28)20-7-11-23(31)12-8-20)34-17-22-15-16-36-27(22)33-29(34)35/h7-17,19H,18H2,1-6H3. The Morgan fingerprint density at radius 1 is 1.00 bits per heavy atom. The van der Waals surface area contributed by atoms with Crippen LogP contribution < -0.4 is 10.4 Å². The van der Waals surface area contributed by atoms with Gasteiger partial charge in [-0.1, -0.05) is 20.8 Å². The second kappa shape index (κ2) is 10.5. The van der Waals surface area contributed by atoms with Crippen molar-refractivity contribution in [2.45, 2.75) is 51.9 Å². The predicted molar refractivity (Wildman–Crippen MR) is 154 cm³/mol. The minimum atomic E-state index is -1.89. The third-order valence-corrected chi connectivity index (χ3v) is 11.8. The summed E-state index contributed by atoms with van der Waals surface area (Å²) in [5.41, 5.74) is 0.888. The van der Waals surface area contributed by atoms with Gasteiger partial charge >= 0.3 is 5.69 Å². The number of nitrogens with zero attached hydrogens (tertiary/aromatic N) is 3. The fourth-order valence-electron chi connectivity index (χ4n) is 4.00. The number of halogens is 1. The summed E-state index contributed by atoms with van der Waals surface area (Å²) in [5, 5.41) is 0.748. The van der Waals surface area contributed by atoms with Gasteiger partial charge in [-0.15, -0.1) is 0 Å². The van der Waals surface area contributed by atoms with Gasteiger partial charge in [0.1, 0.15) is 18.2 Å². The molecule has 1 atom stereocenters. The normalized spacial score (nSPS) is 13.1. The zero-order chi connectivity index (χ0) is 28.7. The first kappa shape index (κ1) is 27.5. The highest BCUT2D eigenvalue weighted by Crippen LogP contribution is 2.37. The molecule has 0 spiro atoms. The number of hydrogen-bond acceptors (Lipinski definition) is 7. The van der Waals surface area contributed by atoms with Gasteiger partial charge in [0, 0.05) is 17.3 Å². The lowest BCUT2D eigenvalue weighted by molar-refractivity contribution is 0.129. The molecule has 0 radical (unpaired) electrons. The van der Waals surface area contributed by atoms with Crippen LogP contribution in [0.3, 0.4) is 0 Å². The average Bonchev–Trinajstić information content (AvgIpc) is 3.54. The fraction of sp³-hybridized carbons (Fsp3) is 0.300. The van der Waals surface area contributed by atoms with Gasteiger partial charge in [-0.25, -0.2) is 13.8 Å². The Kier molecular flexibility index (Phi) is 7.24. The SMILES string of the molecule is CC(COc1ccc(-c2nc(-n3cc4ccoc4nc3=O)c(-c3ccc(F)cc3)o2)cc1)O[Si](C)(C)C(C)(C)C. The van der Waals surface area contributed by atoms with Crippen molar-refractivity contribution >= 4 is 19.4 Å². The molecule has 0 N–H and O–H groups in total. The van der Waals surface area contributed by atoms with E-state index in [1.165, 1.54) is 23.0 Å². The zero-order valence-electron chi connectivity index (χ0n) is 23.4. The Balaban J connectivity index is 1.42. The molecule has 8 nitrogen and oxygen atoms in total. The molecule has 0 fully saturated rings. The van der Waals surface area contributed by atoms with Crippen LogP contribution in [0, 0.1) is 5.82 Å². The van der Waals surface area contributed by atoms with Gasteiger partial charge in [0.15, 0.2) is 19.9 Å². The molecule has 3 heterocycles. The first-order chi connectivity index (χ1) is 18.9. The first-order valence-electron chi connectivity index (χ1n) is 13.1. The number of benzene rings is 2. The molecule has 3 aromatic heterocycles. The summed E-state index contributed by atoms with van der Waals surface area (Å²) in [5.74, 6) is 1.13. The summed E-state index contributed by atoms with van der Waals surface area (Å²) in [6.45, 7) is 13.5. The van der Waals surface area contributed by atoms with Gasteiger partial charge in [0.25, 0.3) is 0 Å². The van der Waals surface area contributed by atoms with E-state index in [0.29, 0.717) is 34.6 Å². The number of rotatable bonds is 8. The van der Waals surface area contributed by atoms with Crippen molar-refractivity contribution in [3.05, 3.63) is 83.4 Å². The minimum absolute atomic E-state index is 0.0485. The highest BCUT2D eigenvalue weighted by molar-refractivity contribution is 6.74. The molecule has 5 rings (SSSR count). The quantitative estimate of drug-likeness (QED) is 0.185. The van der Waals surface area contributed by atoms with Crippen molar-refractivity contribution in [1.82, 2.24) is 14.5 Å². The summed E-state index contributed by atoms with van der Waals surface area (Å²) in [4.78, 5) is 21.5. The van der Waals surface area contributed by atoms with Crippen molar-refractivity contribution in [1.29, 1.82) is 0 Å². The lowest BCUT2D eigenvalue weighted by Crippen LogP contribution is -2.44. The Hall–Kier alpha value is -4.02. The molecule has 208 valence electrons. The predicted octanol–water partition coefficient (Wildman–Crippen LogP) is 7.23. The van der Waals surface area contributed by atoms with Gasteiger partial charge in [-0.3, -0.25) is 0 Å². The molecule has 0 aliphatic carbocycles. The topological polar surface area (TPSA) is 92.5 Å². The van der Waals surface area contributed by atoms with E-state index in [0.717, 1.165) is 0 Å². The highest BCUT2D eigenvalue weighted by Gasteiger charge is 2.38. The monoisotopic (exact) mass is 561 g/mol. The molecule has 0 bridgehead atoms. The number of aromatic nitrogens is 3. The molecule has 0 aliphatic heterocycles. The molecule has 2 aromatic carbocycles. The highest BCUT2D eigenvalue weighted by atomic mass is 28.4. The molecule has 0 saturated carbocycles. The van der Waals surface area contributed by atoms with Gasteiger partial charge in [-0.2, -0.15) is 9.97 Å². The van der Waals surface area contributed by atoms with Crippen LogP contribution in [0.25, 0.3) is 39.7 Å². The number of oxazole rings is 1. The lowest BCUT2D eigenvalue weighted by atomic mass is 10.2. The van der Waals surface area contributed by atoms with Crippen LogP contribution in [0.4, 0.5) is 4.39 Å². The smallest absolute Gasteiger partial charge is 0.356 e. The van der Waals surface area contributed by atoms with E-state index >= 15 is 0 Å². The van der Waals surface area contributed by atoms with E-state index in [4.69, 9.17) is 18.0 Å². The maximum absolute atomic E-state index is 13.6. The maximum Gasteiger partial charge on any atom is 0.356 e. The van der Waals surface area contributed by atoms with Gasteiger partial charge in [0.2, 0.25) is 11.6 Å². The molecule has 40 heavy (non-hydrogen) atoms. The Morgan fingerprint density at radius 3 is 2.35 bits per heavy atom. The average molecular weight is 562 g/mol. The third kappa shape index (κ3) is 5.63. The van der Waals surface area contributed by atoms with Crippen molar-refractivity contribution < 1.29 is 22.4 Å². The molecule has 0 amide bonds. The van der Waals surface area contributed by atoms with Gasteiger partial charge in [0.05, 0.1) is 17.8 Å². The van der Waals surface area contributed by atoms with Crippen molar-refractivity contribution in [3.8, 4) is 34.3 Å². The van der Waals surface area contributed by atoms with E-state index < -0.39 is 14.0 Å². The Labute approximate surface area is 232 Å². The zero-order valence-corrected chi connectivity index (χ0v) is 24.4. The molecule has 1 unspecified atom stereocenters. The van der Waals surface area contributed by atoms with Crippen molar-refractivity contribution in [3.63, 3.8) is 0 Å². The van der Waals surface area contributed by atoms with Gasteiger partial charge < -0.3 is 18.0 Å². The van der Waals surface area contributed by atoms with Crippen LogP contribution >= 0.6 is 0 Å². The number of furan rings is 1. The van der Waals surface area contributed by atoms with Gasteiger partial charge in [-0.05, 0) is 79.7 Å². The Morgan fingerprint density at radius 2 is 1.68 bits per heavy atom. The molecule has 0 saturated heterocycles. The Bertz CT molecular complexity index is 1680. The number of fused-ring (bicyclic) bond motifs is 1. The van der Waals surface area contributed by atoms with Crippen LogP contribution in [0.5, 0.6) is 5.75 Å². The second-order valence-electron chi connectivity index (χ2n) is 11.3. The summed E-state index contributed by atoms with van der Waals surface area (Å²) in [6.07, 6.45) is 3.00. The summed E-state index contributed by atoms with van der Waals surface area (Å²) >= 11 is 0. The lowest BCUT2D eigenvalue weighted by Gasteiger charge is -2.38. The van der Waals surface area contributed by atoms with E-state index in [1.807, 2.05) is 31.2 Å². The van der Waals surface area contributed by atoms with Crippen LogP contribution in [0.15, 0.2) is 80.7 Å². The second-order valence-corrected chi connectivity index (χ2v) is 16.0. The third-order valence-electron chi connectivity index (χ3n) is 7.18. The summed E-state index contributed by atoms with van der Waals surface area (Å²) in [7, 11) is -1.89. The van der Waals surface area contributed by atoms with E-state index in [-0.39, 0.29) is 34.4 Å². The van der Waals surface area contributed by atoms with E-state index in [2.05, 4.69) is 43.8 Å². The summed E-state index contributed by atoms with van der Waals surface area (Å²) < 4.78 is 38.7. The largest absolute Gasteiger partial charge is 0.491 e. The first-order valence-corrected chi connectivity index (χ1v) is 16.0. The van der Waals surface area contributed by atoms with Crippen LogP contribution in [0.1, 0.15) is 27.7 Å². The molecule has 10 heteroatoms. The van der Waals surface area contributed by atoms with Crippen LogP contribution in [0.2, 0.25) is 18.1 Å². The molecular weight excluding hydrogens is 529 g/mol. The molecule has 5 aromatic rings. The number of hydrogen-bond donors (Lipinski definition) is 0.